The summed E-state index contributed by atoms with van der Waals surface area (Å²) in [5.41, 5.74) is 1.11. The summed E-state index contributed by atoms with van der Waals surface area (Å²) in [5.74, 6) is 0. The van der Waals surface area contributed by atoms with Gasteiger partial charge in [0.2, 0.25) is 0 Å². The Morgan fingerprint density at radius 1 is 0.500 bits per heavy atom. The van der Waals surface area contributed by atoms with E-state index in [0.717, 1.165) is 0 Å². The molecule has 0 aliphatic heterocycles. The lowest BCUT2D eigenvalue weighted by Gasteiger charge is -2.31. The standard InChI is InChI=1S/C18H38/c1-7-9-11-13-17(3,4)15-16-18(5,6)14-12-10-8-2/h7-16H2,1-6H3. The van der Waals surface area contributed by atoms with Gasteiger partial charge in [-0.2, -0.15) is 0 Å². The lowest BCUT2D eigenvalue weighted by Crippen LogP contribution is -2.18. The van der Waals surface area contributed by atoms with Gasteiger partial charge in [0, 0.05) is 0 Å². The Morgan fingerprint density at radius 3 is 1.11 bits per heavy atom. The van der Waals surface area contributed by atoms with Crippen LogP contribution in [0.15, 0.2) is 0 Å². The first kappa shape index (κ1) is 18.0. The highest BCUT2D eigenvalue weighted by atomic mass is 14.3. The zero-order valence-electron chi connectivity index (χ0n) is 14.1. The first-order valence-electron chi connectivity index (χ1n) is 8.33. The molecule has 0 aromatic carbocycles. The minimum Gasteiger partial charge on any atom is -0.0654 e. The quantitative estimate of drug-likeness (QED) is 0.349. The van der Waals surface area contributed by atoms with Crippen molar-refractivity contribution in [1.82, 2.24) is 0 Å². The predicted molar refractivity (Wildman–Crippen MR) is 85.1 cm³/mol. The molecule has 0 nitrogen and oxygen atoms in total. The van der Waals surface area contributed by atoms with E-state index in [1.54, 1.807) is 0 Å². The number of hydrogen-bond acceptors (Lipinski definition) is 0. The first-order valence-corrected chi connectivity index (χ1v) is 8.33. The van der Waals surface area contributed by atoms with Crippen molar-refractivity contribution >= 4 is 0 Å². The summed E-state index contributed by atoms with van der Waals surface area (Å²) >= 11 is 0. The highest BCUT2D eigenvalue weighted by molar-refractivity contribution is 4.75. The summed E-state index contributed by atoms with van der Waals surface area (Å²) in [4.78, 5) is 0. The van der Waals surface area contributed by atoms with Crippen LogP contribution < -0.4 is 0 Å². The smallest absolute Gasteiger partial charge is 0.0354 e. The highest BCUT2D eigenvalue weighted by Crippen LogP contribution is 2.37. The predicted octanol–water partition coefficient (Wildman–Crippen LogP) is 6.98. The van der Waals surface area contributed by atoms with Crippen LogP contribution in [0.3, 0.4) is 0 Å². The topological polar surface area (TPSA) is 0 Å². The van der Waals surface area contributed by atoms with Gasteiger partial charge in [0.1, 0.15) is 0 Å². The molecule has 0 unspecified atom stereocenters. The molecule has 0 rings (SSSR count). The molecule has 0 aliphatic rings. The van der Waals surface area contributed by atoms with Crippen molar-refractivity contribution in [3.05, 3.63) is 0 Å². The summed E-state index contributed by atoms with van der Waals surface area (Å²) in [6.07, 6.45) is 14.0. The van der Waals surface area contributed by atoms with Gasteiger partial charge >= 0.3 is 0 Å². The van der Waals surface area contributed by atoms with Crippen molar-refractivity contribution in [2.75, 3.05) is 0 Å². The van der Waals surface area contributed by atoms with Gasteiger partial charge in [-0.3, -0.25) is 0 Å². The van der Waals surface area contributed by atoms with Crippen LogP contribution in [0.4, 0.5) is 0 Å². The zero-order chi connectivity index (χ0) is 14.1. The summed E-state index contributed by atoms with van der Waals surface area (Å²) < 4.78 is 0. The van der Waals surface area contributed by atoms with Crippen molar-refractivity contribution in [3.8, 4) is 0 Å². The van der Waals surface area contributed by atoms with E-state index >= 15 is 0 Å². The van der Waals surface area contributed by atoms with E-state index in [1.165, 1.54) is 64.2 Å². The third kappa shape index (κ3) is 9.97. The number of hydrogen-bond donors (Lipinski definition) is 0. The molecule has 18 heavy (non-hydrogen) atoms. The van der Waals surface area contributed by atoms with Gasteiger partial charge in [-0.25, -0.2) is 0 Å². The van der Waals surface area contributed by atoms with E-state index < -0.39 is 0 Å². The van der Waals surface area contributed by atoms with Crippen molar-refractivity contribution in [3.63, 3.8) is 0 Å². The van der Waals surface area contributed by atoms with Crippen molar-refractivity contribution in [2.45, 2.75) is 106 Å². The van der Waals surface area contributed by atoms with Crippen LogP contribution in [0.25, 0.3) is 0 Å². The molecular formula is C18H38. The largest absolute Gasteiger partial charge is 0.0654 e. The molecular weight excluding hydrogens is 216 g/mol. The SMILES string of the molecule is CCCCCC(C)(C)CCC(C)(C)CCCCC. The average molecular weight is 255 g/mol. The fourth-order valence-electron chi connectivity index (χ4n) is 2.63. The maximum absolute atomic E-state index is 2.46. The van der Waals surface area contributed by atoms with Crippen LogP contribution >= 0.6 is 0 Å². The Hall–Kier alpha value is 0. The minimum atomic E-state index is 0.553. The zero-order valence-corrected chi connectivity index (χ0v) is 14.1. The average Bonchev–Trinajstić information content (AvgIpc) is 2.27. The van der Waals surface area contributed by atoms with Crippen molar-refractivity contribution in [1.29, 1.82) is 0 Å². The monoisotopic (exact) mass is 254 g/mol. The van der Waals surface area contributed by atoms with E-state index in [4.69, 9.17) is 0 Å². The molecule has 0 atom stereocenters. The van der Waals surface area contributed by atoms with Crippen LogP contribution in [0, 0.1) is 10.8 Å². The lowest BCUT2D eigenvalue weighted by molar-refractivity contribution is 0.209. The van der Waals surface area contributed by atoms with Crippen LogP contribution in [-0.4, -0.2) is 0 Å². The second kappa shape index (κ2) is 8.99. The molecule has 0 aromatic rings. The Balaban J connectivity index is 3.88. The summed E-state index contributed by atoms with van der Waals surface area (Å²) in [5, 5.41) is 0. The Labute approximate surface area is 117 Å². The molecule has 0 aliphatic carbocycles. The Bertz CT molecular complexity index is 166. The van der Waals surface area contributed by atoms with Crippen LogP contribution in [0.5, 0.6) is 0 Å². The summed E-state index contributed by atoms with van der Waals surface area (Å²) in [6, 6.07) is 0. The Kier molecular flexibility index (Phi) is 8.99. The molecule has 0 fully saturated rings. The van der Waals surface area contributed by atoms with Crippen LogP contribution in [-0.2, 0) is 0 Å². The second-order valence-electron chi connectivity index (χ2n) is 7.74. The van der Waals surface area contributed by atoms with E-state index in [-0.39, 0.29) is 0 Å². The van der Waals surface area contributed by atoms with E-state index in [1.807, 2.05) is 0 Å². The minimum absolute atomic E-state index is 0.553. The second-order valence-corrected chi connectivity index (χ2v) is 7.74. The number of unbranched alkanes of at least 4 members (excludes halogenated alkanes) is 4. The maximum Gasteiger partial charge on any atom is -0.0354 e. The molecule has 0 heterocycles. The van der Waals surface area contributed by atoms with E-state index in [0.29, 0.717) is 10.8 Å². The highest BCUT2D eigenvalue weighted by Gasteiger charge is 2.23. The molecule has 0 amide bonds. The molecule has 0 radical (unpaired) electrons. The Morgan fingerprint density at radius 2 is 0.833 bits per heavy atom. The molecule has 0 saturated heterocycles. The van der Waals surface area contributed by atoms with Crippen molar-refractivity contribution in [2.24, 2.45) is 10.8 Å². The molecule has 0 spiro atoms. The first-order chi connectivity index (χ1) is 8.33. The van der Waals surface area contributed by atoms with Crippen LogP contribution in [0.2, 0.25) is 0 Å². The van der Waals surface area contributed by atoms with Gasteiger partial charge in [0.05, 0.1) is 0 Å². The lowest BCUT2D eigenvalue weighted by atomic mass is 9.74. The molecule has 0 heteroatoms. The fourth-order valence-corrected chi connectivity index (χ4v) is 2.63. The maximum atomic E-state index is 2.46. The molecule has 0 bridgehead atoms. The van der Waals surface area contributed by atoms with Gasteiger partial charge in [-0.05, 0) is 36.5 Å². The third-order valence-electron chi connectivity index (χ3n) is 4.39. The van der Waals surface area contributed by atoms with Gasteiger partial charge in [-0.1, -0.05) is 80.1 Å². The number of rotatable bonds is 11. The fraction of sp³-hybridized carbons (Fsp3) is 1.00. The molecule has 110 valence electrons. The molecule has 0 saturated carbocycles. The van der Waals surface area contributed by atoms with E-state index in [2.05, 4.69) is 41.5 Å². The van der Waals surface area contributed by atoms with Gasteiger partial charge in [-0.15, -0.1) is 0 Å². The van der Waals surface area contributed by atoms with Crippen molar-refractivity contribution < 1.29 is 0 Å². The molecule has 0 aromatic heterocycles. The van der Waals surface area contributed by atoms with Gasteiger partial charge in [0.25, 0.3) is 0 Å². The third-order valence-corrected chi connectivity index (χ3v) is 4.39. The van der Waals surface area contributed by atoms with Crippen LogP contribution in [0.1, 0.15) is 106 Å². The van der Waals surface area contributed by atoms with E-state index in [9.17, 15) is 0 Å². The van der Waals surface area contributed by atoms with Gasteiger partial charge in [0.15, 0.2) is 0 Å². The van der Waals surface area contributed by atoms with Gasteiger partial charge < -0.3 is 0 Å². The normalized spacial score (nSPS) is 13.0. The summed E-state index contributed by atoms with van der Waals surface area (Å²) in [6.45, 7) is 14.4. The summed E-state index contributed by atoms with van der Waals surface area (Å²) in [7, 11) is 0. The molecule has 0 N–H and O–H groups in total.